The van der Waals surface area contributed by atoms with Crippen molar-refractivity contribution in [2.75, 3.05) is 0 Å². The van der Waals surface area contributed by atoms with Gasteiger partial charge in [-0.1, -0.05) is 97.1 Å². The summed E-state index contributed by atoms with van der Waals surface area (Å²) in [5.41, 5.74) is 9.97. The van der Waals surface area contributed by atoms with Crippen LogP contribution in [0.3, 0.4) is 0 Å². The van der Waals surface area contributed by atoms with Crippen LogP contribution in [0.4, 0.5) is 0 Å². The summed E-state index contributed by atoms with van der Waals surface area (Å²) in [6, 6.07) is 47.7. The van der Waals surface area contributed by atoms with Crippen LogP contribution in [-0.4, -0.2) is 9.55 Å². The van der Waals surface area contributed by atoms with E-state index in [2.05, 4.69) is 137 Å². The zero-order valence-electron chi connectivity index (χ0n) is 24.1. The second-order valence-corrected chi connectivity index (χ2v) is 12.6. The van der Waals surface area contributed by atoms with E-state index in [1.54, 1.807) is 0 Å². The summed E-state index contributed by atoms with van der Waals surface area (Å²) in [6.45, 7) is 0. The molecule has 4 heteroatoms. The molecule has 0 unspecified atom stereocenters. The van der Waals surface area contributed by atoms with Crippen molar-refractivity contribution in [2.24, 2.45) is 0 Å². The number of nitrogens with zero attached hydrogens (tertiary/aromatic N) is 2. The van der Waals surface area contributed by atoms with Gasteiger partial charge in [-0.3, -0.25) is 4.98 Å². The number of rotatable bonds is 3. The van der Waals surface area contributed by atoms with Gasteiger partial charge in [0.05, 0.1) is 21.4 Å². The van der Waals surface area contributed by atoms with Crippen molar-refractivity contribution < 1.29 is 4.42 Å². The van der Waals surface area contributed by atoms with Crippen LogP contribution in [0.25, 0.3) is 91.9 Å². The molecular formula is C41H24N2OS. The van der Waals surface area contributed by atoms with Crippen LogP contribution in [0.1, 0.15) is 0 Å². The van der Waals surface area contributed by atoms with Crippen molar-refractivity contribution in [3.05, 3.63) is 146 Å². The third-order valence-corrected chi connectivity index (χ3v) is 10.3. The molecular weight excluding hydrogens is 569 g/mol. The molecule has 6 aromatic carbocycles. The standard InChI is InChI=1S/C41H24N2OS/c1-2-10-25(11-3-1)26-19-20-37-32(22-26)40-41(45-37)31-15-6-7-17-33(31)43(40)34-23-36-39(30-14-5-4-13-29(30)34)38-28(16-8-18-35(38)44-36)27-12-9-21-42-24-27/h1-24H. The zero-order valence-corrected chi connectivity index (χ0v) is 24.9. The summed E-state index contributed by atoms with van der Waals surface area (Å²) < 4.78 is 11.8. The molecule has 0 aliphatic heterocycles. The average molecular weight is 593 g/mol. The molecule has 0 aliphatic carbocycles. The first-order chi connectivity index (χ1) is 22.3. The molecule has 0 spiro atoms. The number of hydrogen-bond acceptors (Lipinski definition) is 3. The van der Waals surface area contributed by atoms with Crippen LogP contribution in [0.2, 0.25) is 0 Å². The van der Waals surface area contributed by atoms with E-state index in [0.29, 0.717) is 0 Å². The number of benzene rings is 6. The number of hydrogen-bond donors (Lipinski definition) is 0. The summed E-state index contributed by atoms with van der Waals surface area (Å²) >= 11 is 1.87. The van der Waals surface area contributed by atoms with E-state index in [1.165, 1.54) is 53.1 Å². The predicted octanol–water partition coefficient (Wildman–Crippen LogP) is 11.8. The Morgan fingerprint density at radius 1 is 0.556 bits per heavy atom. The molecule has 0 saturated carbocycles. The van der Waals surface area contributed by atoms with Crippen LogP contribution in [-0.2, 0) is 0 Å². The number of thiophene rings is 1. The van der Waals surface area contributed by atoms with Crippen molar-refractivity contribution in [3.8, 4) is 27.9 Å². The second-order valence-electron chi connectivity index (χ2n) is 11.5. The highest BCUT2D eigenvalue weighted by molar-refractivity contribution is 7.26. The Morgan fingerprint density at radius 2 is 1.36 bits per heavy atom. The van der Waals surface area contributed by atoms with Crippen molar-refractivity contribution >= 4 is 75.3 Å². The Hall–Kier alpha value is -5.71. The highest BCUT2D eigenvalue weighted by Crippen LogP contribution is 2.47. The van der Waals surface area contributed by atoms with Crippen molar-refractivity contribution in [2.45, 2.75) is 0 Å². The van der Waals surface area contributed by atoms with E-state index < -0.39 is 0 Å². The van der Waals surface area contributed by atoms with Crippen LogP contribution in [0.5, 0.6) is 0 Å². The normalized spacial score (nSPS) is 12.0. The van der Waals surface area contributed by atoms with Crippen LogP contribution in [0.15, 0.2) is 150 Å². The number of pyridine rings is 1. The first-order valence-corrected chi connectivity index (χ1v) is 15.9. The molecule has 3 nitrogen and oxygen atoms in total. The smallest absolute Gasteiger partial charge is 0.138 e. The molecule has 10 rings (SSSR count). The number of aromatic nitrogens is 2. The average Bonchev–Trinajstić information content (AvgIpc) is 3.77. The highest BCUT2D eigenvalue weighted by atomic mass is 32.1. The van der Waals surface area contributed by atoms with E-state index in [9.17, 15) is 0 Å². The Kier molecular flexibility index (Phi) is 5.16. The molecule has 0 fully saturated rings. The first kappa shape index (κ1) is 24.7. The molecule has 10 aromatic rings. The fraction of sp³-hybridized carbons (Fsp3) is 0. The molecule has 0 aliphatic rings. The predicted molar refractivity (Wildman–Crippen MR) is 190 cm³/mol. The van der Waals surface area contributed by atoms with Gasteiger partial charge >= 0.3 is 0 Å². The minimum Gasteiger partial charge on any atom is -0.456 e. The van der Waals surface area contributed by atoms with E-state index >= 15 is 0 Å². The molecule has 4 heterocycles. The summed E-state index contributed by atoms with van der Waals surface area (Å²) in [6.07, 6.45) is 3.75. The number of fused-ring (bicyclic) bond motifs is 10. The lowest BCUT2D eigenvalue weighted by Crippen LogP contribution is -1.96. The minimum atomic E-state index is 0.879. The minimum absolute atomic E-state index is 0.879. The molecule has 45 heavy (non-hydrogen) atoms. The molecule has 0 amide bonds. The van der Waals surface area contributed by atoms with Crippen molar-refractivity contribution in [3.63, 3.8) is 0 Å². The molecule has 0 saturated heterocycles. The Labute approximate surface area is 262 Å². The van der Waals surface area contributed by atoms with E-state index in [0.717, 1.165) is 38.8 Å². The van der Waals surface area contributed by atoms with E-state index in [-0.39, 0.29) is 0 Å². The molecule has 0 radical (unpaired) electrons. The molecule has 0 atom stereocenters. The summed E-state index contributed by atoms with van der Waals surface area (Å²) in [7, 11) is 0. The van der Waals surface area contributed by atoms with Gasteiger partial charge in [-0.05, 0) is 52.4 Å². The zero-order chi connectivity index (χ0) is 29.5. The van der Waals surface area contributed by atoms with Gasteiger partial charge in [0.2, 0.25) is 0 Å². The Bertz CT molecular complexity index is 2750. The molecule has 4 aromatic heterocycles. The van der Waals surface area contributed by atoms with E-state index in [4.69, 9.17) is 4.42 Å². The summed E-state index contributed by atoms with van der Waals surface area (Å²) in [5, 5.41) is 7.16. The maximum absolute atomic E-state index is 6.70. The maximum Gasteiger partial charge on any atom is 0.138 e. The second kappa shape index (κ2) is 9.39. The van der Waals surface area contributed by atoms with Gasteiger partial charge in [0, 0.05) is 55.7 Å². The SMILES string of the molecule is c1ccc(-c2ccc3sc4c5ccccc5n(-c5cc6oc7cccc(-c8cccnc8)c7c6c6ccccc56)c4c3c2)cc1. The van der Waals surface area contributed by atoms with Crippen LogP contribution >= 0.6 is 11.3 Å². The van der Waals surface area contributed by atoms with Crippen molar-refractivity contribution in [1.82, 2.24) is 9.55 Å². The van der Waals surface area contributed by atoms with Gasteiger partial charge in [0.25, 0.3) is 0 Å². The fourth-order valence-corrected chi connectivity index (χ4v) is 8.34. The van der Waals surface area contributed by atoms with Gasteiger partial charge in [0.1, 0.15) is 11.2 Å². The molecule has 0 N–H and O–H groups in total. The third-order valence-electron chi connectivity index (χ3n) is 9.08. The van der Waals surface area contributed by atoms with Crippen LogP contribution < -0.4 is 0 Å². The lowest BCUT2D eigenvalue weighted by atomic mass is 9.97. The van der Waals surface area contributed by atoms with Gasteiger partial charge < -0.3 is 8.98 Å². The van der Waals surface area contributed by atoms with Gasteiger partial charge in [-0.15, -0.1) is 11.3 Å². The van der Waals surface area contributed by atoms with Gasteiger partial charge in [-0.25, -0.2) is 0 Å². The quantitative estimate of drug-likeness (QED) is 0.204. The Morgan fingerprint density at radius 3 is 2.22 bits per heavy atom. The topological polar surface area (TPSA) is 31.0 Å². The van der Waals surface area contributed by atoms with Crippen molar-refractivity contribution in [1.29, 1.82) is 0 Å². The lowest BCUT2D eigenvalue weighted by molar-refractivity contribution is 0.669. The largest absolute Gasteiger partial charge is 0.456 e. The first-order valence-electron chi connectivity index (χ1n) is 15.1. The molecule has 210 valence electrons. The highest BCUT2D eigenvalue weighted by Gasteiger charge is 2.22. The lowest BCUT2D eigenvalue weighted by Gasteiger charge is -2.13. The summed E-state index contributed by atoms with van der Waals surface area (Å²) in [5.74, 6) is 0. The monoisotopic (exact) mass is 592 g/mol. The van der Waals surface area contributed by atoms with Crippen LogP contribution in [0, 0.1) is 0 Å². The third kappa shape index (κ3) is 3.54. The number of furan rings is 1. The Balaban J connectivity index is 1.35. The summed E-state index contributed by atoms with van der Waals surface area (Å²) in [4.78, 5) is 4.41. The maximum atomic E-state index is 6.70. The molecule has 0 bridgehead atoms. The fourth-order valence-electron chi connectivity index (χ4n) is 7.14. The van der Waals surface area contributed by atoms with Gasteiger partial charge in [0.15, 0.2) is 0 Å². The number of para-hydroxylation sites is 1. The van der Waals surface area contributed by atoms with E-state index in [1.807, 2.05) is 29.8 Å². The van der Waals surface area contributed by atoms with Gasteiger partial charge in [-0.2, -0.15) is 0 Å².